The zero-order chi connectivity index (χ0) is 13.0. The highest BCUT2D eigenvalue weighted by Crippen LogP contribution is 2.20. The van der Waals surface area contributed by atoms with E-state index in [4.69, 9.17) is 4.74 Å². The number of anilines is 1. The van der Waals surface area contributed by atoms with Crippen molar-refractivity contribution in [1.82, 2.24) is 4.31 Å². The first-order valence-corrected chi connectivity index (χ1v) is 8.19. The van der Waals surface area contributed by atoms with Crippen molar-refractivity contribution >= 4 is 31.8 Å². The fourth-order valence-corrected chi connectivity index (χ4v) is 3.45. The molecule has 0 aliphatic carbocycles. The minimum Gasteiger partial charge on any atom is -0.379 e. The van der Waals surface area contributed by atoms with Crippen LogP contribution in [0.5, 0.6) is 0 Å². The van der Waals surface area contributed by atoms with E-state index in [0.717, 1.165) is 5.56 Å². The van der Waals surface area contributed by atoms with Crippen LogP contribution in [0.15, 0.2) is 24.3 Å². The normalized spacial score (nSPS) is 17.6. The average Bonchev–Trinajstić information content (AvgIpc) is 2.40. The number of nitrogens with zero attached hydrogens (tertiary/aromatic N) is 1. The second kappa shape index (κ2) is 6.01. The van der Waals surface area contributed by atoms with Crippen molar-refractivity contribution in [3.8, 4) is 0 Å². The molecule has 1 N–H and O–H groups in total. The molecule has 1 aliphatic heterocycles. The number of alkyl halides is 1. The zero-order valence-corrected chi connectivity index (χ0v) is 12.2. The lowest BCUT2D eigenvalue weighted by Crippen LogP contribution is -2.43. The zero-order valence-electron chi connectivity index (χ0n) is 9.80. The summed E-state index contributed by atoms with van der Waals surface area (Å²) in [5, 5.41) is 0.606. The molecule has 7 heteroatoms. The summed E-state index contributed by atoms with van der Waals surface area (Å²) >= 11 is 3.34. The molecule has 18 heavy (non-hydrogen) atoms. The first-order valence-electron chi connectivity index (χ1n) is 5.63. The molecule has 2 rings (SSSR count). The molecule has 0 atom stereocenters. The Labute approximate surface area is 115 Å². The Bertz CT molecular complexity index is 501. The van der Waals surface area contributed by atoms with Crippen molar-refractivity contribution in [2.75, 3.05) is 31.0 Å². The molecule has 1 aromatic rings. The maximum Gasteiger partial charge on any atom is 0.301 e. The predicted octanol–water partition coefficient (Wildman–Crippen LogP) is 1.57. The van der Waals surface area contributed by atoms with Gasteiger partial charge in [0.1, 0.15) is 0 Å². The molecule has 1 saturated heterocycles. The van der Waals surface area contributed by atoms with E-state index in [-0.39, 0.29) is 0 Å². The molecule has 1 aliphatic rings. The summed E-state index contributed by atoms with van der Waals surface area (Å²) in [7, 11) is -3.49. The van der Waals surface area contributed by atoms with Gasteiger partial charge in [0.2, 0.25) is 0 Å². The van der Waals surface area contributed by atoms with Crippen LogP contribution in [0, 0.1) is 0 Å². The lowest BCUT2D eigenvalue weighted by molar-refractivity contribution is 0.0733. The molecule has 1 aromatic carbocycles. The molecule has 0 unspecified atom stereocenters. The van der Waals surface area contributed by atoms with E-state index in [1.807, 2.05) is 18.2 Å². The fraction of sp³-hybridized carbons (Fsp3) is 0.455. The molecule has 0 radical (unpaired) electrons. The maximum atomic E-state index is 12.2. The molecule has 0 saturated carbocycles. The Balaban J connectivity index is 2.16. The van der Waals surface area contributed by atoms with Gasteiger partial charge in [-0.05, 0) is 11.6 Å². The number of rotatable bonds is 4. The van der Waals surface area contributed by atoms with Crippen LogP contribution in [0.3, 0.4) is 0 Å². The highest BCUT2D eigenvalue weighted by molar-refractivity contribution is 9.08. The Morgan fingerprint density at radius 1 is 1.28 bits per heavy atom. The number of morpholine rings is 1. The minimum atomic E-state index is -3.49. The molecular formula is C11H15BrN2O3S. The van der Waals surface area contributed by atoms with Gasteiger partial charge in [-0.3, -0.25) is 4.72 Å². The number of nitrogens with one attached hydrogen (secondary N) is 1. The predicted molar refractivity (Wildman–Crippen MR) is 74.0 cm³/mol. The van der Waals surface area contributed by atoms with Gasteiger partial charge >= 0.3 is 10.2 Å². The van der Waals surface area contributed by atoms with E-state index in [0.29, 0.717) is 37.3 Å². The third-order valence-corrected chi connectivity index (χ3v) is 4.84. The lowest BCUT2D eigenvalue weighted by Gasteiger charge is -2.26. The van der Waals surface area contributed by atoms with Crippen LogP contribution < -0.4 is 4.72 Å². The van der Waals surface area contributed by atoms with Crippen molar-refractivity contribution in [2.24, 2.45) is 0 Å². The Morgan fingerprint density at radius 3 is 2.61 bits per heavy atom. The molecule has 1 fully saturated rings. The number of benzene rings is 1. The lowest BCUT2D eigenvalue weighted by atomic mass is 10.2. The van der Waals surface area contributed by atoms with Gasteiger partial charge in [0, 0.05) is 18.4 Å². The highest BCUT2D eigenvalue weighted by atomic mass is 79.9. The van der Waals surface area contributed by atoms with Gasteiger partial charge in [-0.15, -0.1) is 0 Å². The molecule has 0 bridgehead atoms. The first-order chi connectivity index (χ1) is 8.63. The van der Waals surface area contributed by atoms with Crippen LogP contribution in [0.4, 0.5) is 5.69 Å². The summed E-state index contributed by atoms with van der Waals surface area (Å²) in [6.45, 7) is 1.68. The molecule has 1 heterocycles. The molecule has 0 amide bonds. The van der Waals surface area contributed by atoms with E-state index in [1.165, 1.54) is 4.31 Å². The number of para-hydroxylation sites is 1. The highest BCUT2D eigenvalue weighted by Gasteiger charge is 2.24. The molecule has 5 nitrogen and oxygen atoms in total. The summed E-state index contributed by atoms with van der Waals surface area (Å²) in [6, 6.07) is 7.33. The smallest absolute Gasteiger partial charge is 0.301 e. The SMILES string of the molecule is O=S(=O)(Nc1ccccc1CBr)N1CCOCC1. The largest absolute Gasteiger partial charge is 0.379 e. The van der Waals surface area contributed by atoms with E-state index < -0.39 is 10.2 Å². The summed E-state index contributed by atoms with van der Waals surface area (Å²) in [5.74, 6) is 0. The van der Waals surface area contributed by atoms with E-state index in [9.17, 15) is 8.42 Å². The van der Waals surface area contributed by atoms with Crippen molar-refractivity contribution < 1.29 is 13.2 Å². The molecular weight excluding hydrogens is 320 g/mol. The standard InChI is InChI=1S/C11H15BrN2O3S/c12-9-10-3-1-2-4-11(10)13-18(15,16)14-5-7-17-8-6-14/h1-4,13H,5-9H2. The molecule has 100 valence electrons. The fourth-order valence-electron chi connectivity index (χ4n) is 1.73. The van der Waals surface area contributed by atoms with Crippen molar-refractivity contribution in [3.63, 3.8) is 0 Å². The number of hydrogen-bond donors (Lipinski definition) is 1. The summed E-state index contributed by atoms with van der Waals surface area (Å²) in [6.07, 6.45) is 0. The molecule has 0 aromatic heterocycles. The summed E-state index contributed by atoms with van der Waals surface area (Å²) in [5.41, 5.74) is 1.52. The van der Waals surface area contributed by atoms with Gasteiger partial charge in [-0.1, -0.05) is 34.1 Å². The van der Waals surface area contributed by atoms with Crippen molar-refractivity contribution in [3.05, 3.63) is 29.8 Å². The second-order valence-electron chi connectivity index (χ2n) is 3.91. The van der Waals surface area contributed by atoms with Gasteiger partial charge in [-0.25, -0.2) is 0 Å². The molecule has 0 spiro atoms. The van der Waals surface area contributed by atoms with Gasteiger partial charge in [0.15, 0.2) is 0 Å². The third kappa shape index (κ3) is 3.23. The third-order valence-electron chi connectivity index (χ3n) is 2.71. The van der Waals surface area contributed by atoms with Crippen LogP contribution in [0.1, 0.15) is 5.56 Å². The maximum absolute atomic E-state index is 12.2. The second-order valence-corrected chi connectivity index (χ2v) is 6.14. The van der Waals surface area contributed by atoms with Crippen LogP contribution in [0.2, 0.25) is 0 Å². The Morgan fingerprint density at radius 2 is 1.94 bits per heavy atom. The number of halogens is 1. The Hall–Kier alpha value is -0.630. The van der Waals surface area contributed by atoms with Crippen molar-refractivity contribution in [2.45, 2.75) is 5.33 Å². The van der Waals surface area contributed by atoms with Crippen LogP contribution in [0.25, 0.3) is 0 Å². The quantitative estimate of drug-likeness (QED) is 0.850. The van der Waals surface area contributed by atoms with Gasteiger partial charge < -0.3 is 4.74 Å². The van der Waals surface area contributed by atoms with Crippen molar-refractivity contribution in [1.29, 1.82) is 0 Å². The summed E-state index contributed by atoms with van der Waals surface area (Å²) in [4.78, 5) is 0. The number of hydrogen-bond acceptors (Lipinski definition) is 3. The monoisotopic (exact) mass is 334 g/mol. The van der Waals surface area contributed by atoms with E-state index in [1.54, 1.807) is 6.07 Å². The van der Waals surface area contributed by atoms with Gasteiger partial charge in [-0.2, -0.15) is 12.7 Å². The van der Waals surface area contributed by atoms with Crippen LogP contribution in [-0.4, -0.2) is 39.0 Å². The minimum absolute atomic E-state index is 0.395. The number of ether oxygens (including phenoxy) is 1. The van der Waals surface area contributed by atoms with Gasteiger partial charge in [0.05, 0.1) is 18.9 Å². The topological polar surface area (TPSA) is 58.6 Å². The Kier molecular flexibility index (Phi) is 4.60. The van der Waals surface area contributed by atoms with Gasteiger partial charge in [0.25, 0.3) is 0 Å². The first kappa shape index (κ1) is 13.8. The van der Waals surface area contributed by atoms with Crippen LogP contribution in [-0.2, 0) is 20.3 Å². The van der Waals surface area contributed by atoms with E-state index >= 15 is 0 Å². The van der Waals surface area contributed by atoms with E-state index in [2.05, 4.69) is 20.7 Å². The van der Waals surface area contributed by atoms with Crippen LogP contribution >= 0.6 is 15.9 Å². The summed E-state index contributed by atoms with van der Waals surface area (Å²) < 4.78 is 33.5. The average molecular weight is 335 g/mol.